The number of fused-ring (bicyclic) bond motifs is 1. The van der Waals surface area contributed by atoms with Crippen LogP contribution in [0.3, 0.4) is 0 Å². The average molecular weight is 502 g/mol. The Morgan fingerprint density at radius 1 is 0.946 bits per heavy atom. The molecule has 0 bridgehead atoms. The van der Waals surface area contributed by atoms with Gasteiger partial charge in [0, 0.05) is 13.0 Å². The lowest BCUT2D eigenvalue weighted by Crippen LogP contribution is -2.37. The number of hydrogen-bond acceptors (Lipinski definition) is 4. The van der Waals surface area contributed by atoms with Gasteiger partial charge in [-0.3, -0.25) is 4.57 Å². The number of carboxylic acid groups (broad SMARTS) is 1. The van der Waals surface area contributed by atoms with Gasteiger partial charge in [-0.1, -0.05) is 61.9 Å². The average Bonchev–Trinajstić information content (AvgIpc) is 3.17. The van der Waals surface area contributed by atoms with Crippen LogP contribution in [0.5, 0.6) is 5.75 Å². The van der Waals surface area contributed by atoms with Gasteiger partial charge in [0.05, 0.1) is 6.54 Å². The van der Waals surface area contributed by atoms with Crippen molar-refractivity contribution < 1.29 is 14.6 Å². The van der Waals surface area contributed by atoms with Crippen LogP contribution in [0.1, 0.15) is 57.0 Å². The first-order chi connectivity index (χ1) is 17.8. The highest BCUT2D eigenvalue weighted by Crippen LogP contribution is 2.20. The standard InChI is InChI=1S/C30H35N3O4/c1-4-5-19-32-27(12-8-9-22-14-17-26(18-15-22)37-30(2,3)28(34)35)31-33(29(32)36)21-23-13-16-24-10-6-7-11-25(24)20-23/h6-7,10-11,13-18,20H,4-5,8-9,12,19,21H2,1-3H3,(H,34,35). The van der Waals surface area contributed by atoms with Crippen LogP contribution in [-0.2, 0) is 30.7 Å². The van der Waals surface area contributed by atoms with Crippen LogP contribution in [0.15, 0.2) is 71.5 Å². The summed E-state index contributed by atoms with van der Waals surface area (Å²) in [5.74, 6) is 0.338. The number of rotatable bonds is 12. The van der Waals surface area contributed by atoms with Crippen LogP contribution < -0.4 is 10.4 Å². The van der Waals surface area contributed by atoms with Crippen molar-refractivity contribution in [3.63, 3.8) is 0 Å². The van der Waals surface area contributed by atoms with Gasteiger partial charge in [0.25, 0.3) is 0 Å². The van der Waals surface area contributed by atoms with E-state index in [1.54, 1.807) is 16.8 Å². The van der Waals surface area contributed by atoms with Gasteiger partial charge in [-0.15, -0.1) is 0 Å². The van der Waals surface area contributed by atoms with Gasteiger partial charge in [-0.2, -0.15) is 5.10 Å². The zero-order valence-electron chi connectivity index (χ0n) is 21.8. The lowest BCUT2D eigenvalue weighted by atomic mass is 10.1. The van der Waals surface area contributed by atoms with E-state index in [0.29, 0.717) is 25.3 Å². The van der Waals surface area contributed by atoms with E-state index in [2.05, 4.69) is 37.3 Å². The van der Waals surface area contributed by atoms with Gasteiger partial charge in [0.15, 0.2) is 5.60 Å². The molecule has 0 aliphatic heterocycles. The van der Waals surface area contributed by atoms with Crippen molar-refractivity contribution >= 4 is 16.7 Å². The third-order valence-corrected chi connectivity index (χ3v) is 6.56. The molecule has 194 valence electrons. The van der Waals surface area contributed by atoms with E-state index in [9.17, 15) is 14.7 Å². The Balaban J connectivity index is 1.44. The molecule has 0 atom stereocenters. The van der Waals surface area contributed by atoms with E-state index >= 15 is 0 Å². The van der Waals surface area contributed by atoms with Crippen molar-refractivity contribution in [1.29, 1.82) is 0 Å². The molecular formula is C30H35N3O4. The third-order valence-electron chi connectivity index (χ3n) is 6.56. The Morgan fingerprint density at radius 3 is 2.35 bits per heavy atom. The SMILES string of the molecule is CCCCn1c(CCCc2ccc(OC(C)(C)C(=O)O)cc2)nn(Cc2ccc3ccccc3c2)c1=O. The first-order valence-electron chi connectivity index (χ1n) is 12.9. The maximum atomic E-state index is 13.2. The summed E-state index contributed by atoms with van der Waals surface area (Å²) < 4.78 is 9.00. The van der Waals surface area contributed by atoms with E-state index in [0.717, 1.165) is 48.0 Å². The first-order valence-corrected chi connectivity index (χ1v) is 12.9. The topological polar surface area (TPSA) is 86.3 Å². The highest BCUT2D eigenvalue weighted by atomic mass is 16.5. The van der Waals surface area contributed by atoms with Gasteiger partial charge in [0.1, 0.15) is 11.6 Å². The van der Waals surface area contributed by atoms with Crippen molar-refractivity contribution in [3.05, 3.63) is 94.2 Å². The molecule has 4 aromatic rings. The molecule has 1 N–H and O–H groups in total. The quantitative estimate of drug-likeness (QED) is 0.278. The fourth-order valence-electron chi connectivity index (χ4n) is 4.34. The zero-order valence-corrected chi connectivity index (χ0v) is 21.8. The molecular weight excluding hydrogens is 466 g/mol. The number of aliphatic carboxylic acids is 1. The number of ether oxygens (including phenoxy) is 1. The Morgan fingerprint density at radius 2 is 1.65 bits per heavy atom. The molecule has 4 rings (SSSR count). The molecule has 0 unspecified atom stereocenters. The minimum Gasteiger partial charge on any atom is -0.478 e. The van der Waals surface area contributed by atoms with Crippen molar-refractivity contribution in [2.75, 3.05) is 0 Å². The molecule has 0 saturated heterocycles. The Bertz CT molecular complexity index is 1420. The Hall–Kier alpha value is -3.87. The second kappa shape index (κ2) is 11.5. The predicted molar refractivity (Wildman–Crippen MR) is 145 cm³/mol. The lowest BCUT2D eigenvalue weighted by Gasteiger charge is -2.21. The molecule has 3 aromatic carbocycles. The number of unbranched alkanes of at least 4 members (excludes halogenated alkanes) is 1. The molecule has 7 nitrogen and oxygen atoms in total. The van der Waals surface area contributed by atoms with Crippen LogP contribution in [-0.4, -0.2) is 31.0 Å². The fourth-order valence-corrected chi connectivity index (χ4v) is 4.34. The largest absolute Gasteiger partial charge is 0.478 e. The van der Waals surface area contributed by atoms with Gasteiger partial charge in [-0.25, -0.2) is 14.3 Å². The zero-order chi connectivity index (χ0) is 26.4. The maximum absolute atomic E-state index is 13.2. The molecule has 0 aliphatic rings. The molecule has 1 heterocycles. The predicted octanol–water partition coefficient (Wildman–Crippen LogP) is 5.46. The minimum atomic E-state index is -1.28. The molecule has 37 heavy (non-hydrogen) atoms. The highest BCUT2D eigenvalue weighted by Gasteiger charge is 2.29. The summed E-state index contributed by atoms with van der Waals surface area (Å²) in [6.07, 6.45) is 4.31. The van der Waals surface area contributed by atoms with Crippen molar-refractivity contribution in [1.82, 2.24) is 14.3 Å². The number of benzene rings is 3. The molecule has 7 heteroatoms. The van der Waals surface area contributed by atoms with Gasteiger partial charge < -0.3 is 9.84 Å². The van der Waals surface area contributed by atoms with Gasteiger partial charge in [0.2, 0.25) is 0 Å². The van der Waals surface area contributed by atoms with E-state index in [4.69, 9.17) is 9.84 Å². The summed E-state index contributed by atoms with van der Waals surface area (Å²) in [7, 11) is 0. The highest BCUT2D eigenvalue weighted by molar-refractivity contribution is 5.83. The summed E-state index contributed by atoms with van der Waals surface area (Å²) >= 11 is 0. The second-order valence-electron chi connectivity index (χ2n) is 9.96. The summed E-state index contributed by atoms with van der Waals surface area (Å²) in [5, 5.41) is 16.3. The van der Waals surface area contributed by atoms with Crippen molar-refractivity contribution in [2.24, 2.45) is 0 Å². The second-order valence-corrected chi connectivity index (χ2v) is 9.96. The van der Waals surface area contributed by atoms with Crippen LogP contribution in [0.2, 0.25) is 0 Å². The number of carbonyl (C=O) groups is 1. The van der Waals surface area contributed by atoms with Crippen LogP contribution in [0.4, 0.5) is 0 Å². The van der Waals surface area contributed by atoms with E-state index in [1.165, 1.54) is 19.2 Å². The first kappa shape index (κ1) is 26.2. The van der Waals surface area contributed by atoms with Crippen molar-refractivity contribution in [2.45, 2.75) is 71.6 Å². The summed E-state index contributed by atoms with van der Waals surface area (Å²) in [5.41, 5.74) is 0.841. The van der Waals surface area contributed by atoms with Crippen LogP contribution in [0, 0.1) is 0 Å². The molecule has 1 aromatic heterocycles. The minimum absolute atomic E-state index is 0.0563. The normalized spacial score (nSPS) is 11.6. The number of nitrogens with zero attached hydrogens (tertiary/aromatic N) is 3. The van der Waals surface area contributed by atoms with Gasteiger partial charge >= 0.3 is 11.7 Å². The number of aromatic nitrogens is 3. The van der Waals surface area contributed by atoms with E-state index < -0.39 is 11.6 Å². The van der Waals surface area contributed by atoms with E-state index in [1.807, 2.05) is 28.8 Å². The number of carboxylic acids is 1. The Labute approximate surface area is 217 Å². The molecule has 0 fully saturated rings. The van der Waals surface area contributed by atoms with Crippen molar-refractivity contribution in [3.8, 4) is 5.75 Å². The molecule has 0 spiro atoms. The van der Waals surface area contributed by atoms with E-state index in [-0.39, 0.29) is 5.69 Å². The van der Waals surface area contributed by atoms with Crippen LogP contribution in [0.25, 0.3) is 10.8 Å². The fraction of sp³-hybridized carbons (Fsp3) is 0.367. The molecule has 0 amide bonds. The lowest BCUT2D eigenvalue weighted by molar-refractivity contribution is -0.152. The van der Waals surface area contributed by atoms with Crippen LogP contribution >= 0.6 is 0 Å². The molecule has 0 saturated carbocycles. The summed E-state index contributed by atoms with van der Waals surface area (Å²) in [4.78, 5) is 24.5. The smallest absolute Gasteiger partial charge is 0.347 e. The monoisotopic (exact) mass is 501 g/mol. The summed E-state index contributed by atoms with van der Waals surface area (Å²) in [6.45, 7) is 6.30. The third kappa shape index (κ3) is 6.47. The van der Waals surface area contributed by atoms with Gasteiger partial charge in [-0.05, 0) is 73.2 Å². The number of hydrogen-bond donors (Lipinski definition) is 1. The maximum Gasteiger partial charge on any atom is 0.347 e. The molecule has 0 aliphatic carbocycles. The number of aryl methyl sites for hydroxylation is 2. The summed E-state index contributed by atoms with van der Waals surface area (Å²) in [6, 6.07) is 22.0. The molecule has 0 radical (unpaired) electrons. The Kier molecular flexibility index (Phi) is 8.11.